The smallest absolute Gasteiger partial charge is 0.231 e. The Bertz CT molecular complexity index is 1350. The Balaban J connectivity index is 1.31. The van der Waals surface area contributed by atoms with Crippen LogP contribution in [0.5, 0.6) is 11.5 Å². The Morgan fingerprint density at radius 3 is 2.66 bits per heavy atom. The molecule has 1 aromatic heterocycles. The fourth-order valence-corrected chi connectivity index (χ4v) is 4.57. The van der Waals surface area contributed by atoms with Gasteiger partial charge in [-0.15, -0.1) is 10.2 Å². The lowest BCUT2D eigenvalue weighted by molar-refractivity contribution is -0.119. The van der Waals surface area contributed by atoms with Crippen LogP contribution in [0.4, 0.5) is 4.39 Å². The SMILES string of the molecule is C[C@@H](NC(=O)CSc1nnc(-c2ccccc2F)n1Cc1ccccc1)c1ccc2c(c1)OCO2. The van der Waals surface area contributed by atoms with E-state index in [1.807, 2.05) is 60.0 Å². The number of fused-ring (bicyclic) bond motifs is 1. The molecule has 2 heterocycles. The minimum Gasteiger partial charge on any atom is -0.454 e. The lowest BCUT2D eigenvalue weighted by Crippen LogP contribution is -2.28. The van der Waals surface area contributed by atoms with Crippen molar-refractivity contribution in [2.75, 3.05) is 12.5 Å². The van der Waals surface area contributed by atoms with Crippen molar-refractivity contribution in [1.82, 2.24) is 20.1 Å². The van der Waals surface area contributed by atoms with Crippen LogP contribution in [0, 0.1) is 5.82 Å². The van der Waals surface area contributed by atoms with E-state index in [2.05, 4.69) is 15.5 Å². The lowest BCUT2D eigenvalue weighted by Gasteiger charge is -2.15. The van der Waals surface area contributed by atoms with E-state index < -0.39 is 0 Å². The third kappa shape index (κ3) is 5.14. The maximum atomic E-state index is 14.5. The van der Waals surface area contributed by atoms with E-state index in [0.29, 0.717) is 34.6 Å². The zero-order valence-electron chi connectivity index (χ0n) is 19.0. The van der Waals surface area contributed by atoms with Crippen molar-refractivity contribution in [3.63, 3.8) is 0 Å². The molecule has 0 bridgehead atoms. The molecule has 0 unspecified atom stereocenters. The number of hydrogen-bond donors (Lipinski definition) is 1. The van der Waals surface area contributed by atoms with Gasteiger partial charge in [0.15, 0.2) is 22.5 Å². The molecule has 1 atom stereocenters. The third-order valence-corrected chi connectivity index (χ3v) is 6.59. The van der Waals surface area contributed by atoms with E-state index in [4.69, 9.17) is 9.47 Å². The molecule has 0 saturated heterocycles. The van der Waals surface area contributed by atoms with Gasteiger partial charge < -0.3 is 14.8 Å². The van der Waals surface area contributed by atoms with E-state index in [1.165, 1.54) is 17.8 Å². The number of carbonyl (C=O) groups is 1. The van der Waals surface area contributed by atoms with Crippen LogP contribution < -0.4 is 14.8 Å². The fraction of sp³-hybridized carbons (Fsp3) is 0.192. The van der Waals surface area contributed by atoms with Gasteiger partial charge in [0.2, 0.25) is 12.7 Å². The number of ether oxygens (including phenoxy) is 2. The Morgan fingerprint density at radius 2 is 1.83 bits per heavy atom. The van der Waals surface area contributed by atoms with E-state index >= 15 is 0 Å². The molecule has 0 radical (unpaired) electrons. The van der Waals surface area contributed by atoms with Gasteiger partial charge in [0.1, 0.15) is 5.82 Å². The minimum absolute atomic E-state index is 0.138. The van der Waals surface area contributed by atoms with Crippen LogP contribution in [0.2, 0.25) is 0 Å². The van der Waals surface area contributed by atoms with E-state index in [0.717, 1.165) is 11.1 Å². The third-order valence-electron chi connectivity index (χ3n) is 5.62. The molecular weight excluding hydrogens is 467 g/mol. The number of hydrogen-bond acceptors (Lipinski definition) is 6. The number of benzene rings is 3. The predicted octanol–water partition coefficient (Wildman–Crippen LogP) is 4.83. The minimum atomic E-state index is -0.374. The molecule has 0 fully saturated rings. The van der Waals surface area contributed by atoms with Crippen LogP contribution in [0.25, 0.3) is 11.4 Å². The summed E-state index contributed by atoms with van der Waals surface area (Å²) in [6.45, 7) is 2.57. The van der Waals surface area contributed by atoms with Gasteiger partial charge in [-0.05, 0) is 42.3 Å². The first kappa shape index (κ1) is 22.9. The molecule has 178 valence electrons. The second-order valence-electron chi connectivity index (χ2n) is 8.05. The second kappa shape index (κ2) is 10.2. The average molecular weight is 491 g/mol. The summed E-state index contributed by atoms with van der Waals surface area (Å²) in [6.07, 6.45) is 0. The molecule has 5 rings (SSSR count). The molecule has 3 aromatic carbocycles. The van der Waals surface area contributed by atoms with Crippen LogP contribution >= 0.6 is 11.8 Å². The van der Waals surface area contributed by atoms with Gasteiger partial charge in [-0.2, -0.15) is 0 Å². The Hall–Kier alpha value is -3.85. The van der Waals surface area contributed by atoms with Crippen molar-refractivity contribution in [2.24, 2.45) is 0 Å². The summed E-state index contributed by atoms with van der Waals surface area (Å²) in [5, 5.41) is 12.1. The predicted molar refractivity (Wildman–Crippen MR) is 131 cm³/mol. The van der Waals surface area contributed by atoms with Crippen molar-refractivity contribution in [2.45, 2.75) is 24.7 Å². The van der Waals surface area contributed by atoms with Crippen LogP contribution in [0.1, 0.15) is 24.1 Å². The molecule has 4 aromatic rings. The highest BCUT2D eigenvalue weighted by Gasteiger charge is 2.20. The molecule has 7 nitrogen and oxygen atoms in total. The number of carbonyl (C=O) groups excluding carboxylic acids is 1. The van der Waals surface area contributed by atoms with E-state index in [9.17, 15) is 9.18 Å². The molecule has 35 heavy (non-hydrogen) atoms. The average Bonchev–Trinajstić information content (AvgIpc) is 3.50. The molecule has 0 spiro atoms. The number of amides is 1. The van der Waals surface area contributed by atoms with Gasteiger partial charge in [-0.3, -0.25) is 9.36 Å². The first-order valence-corrected chi connectivity index (χ1v) is 12.1. The molecular formula is C26H23FN4O3S. The van der Waals surface area contributed by atoms with Gasteiger partial charge in [0.05, 0.1) is 23.9 Å². The summed E-state index contributed by atoms with van der Waals surface area (Å²) >= 11 is 1.26. The van der Waals surface area contributed by atoms with Crippen LogP contribution in [-0.2, 0) is 11.3 Å². The van der Waals surface area contributed by atoms with E-state index in [-0.39, 0.29) is 30.3 Å². The van der Waals surface area contributed by atoms with Gasteiger partial charge in [0.25, 0.3) is 0 Å². The second-order valence-corrected chi connectivity index (χ2v) is 8.99. The van der Waals surface area contributed by atoms with Crippen LogP contribution in [0.3, 0.4) is 0 Å². The first-order valence-electron chi connectivity index (χ1n) is 11.1. The summed E-state index contributed by atoms with van der Waals surface area (Å²) in [5.41, 5.74) is 2.30. The van der Waals surface area contributed by atoms with Gasteiger partial charge in [-0.1, -0.05) is 60.3 Å². The van der Waals surface area contributed by atoms with Crippen LogP contribution in [-0.4, -0.2) is 33.2 Å². The lowest BCUT2D eigenvalue weighted by atomic mass is 10.1. The Labute approximate surface area is 206 Å². The van der Waals surface area contributed by atoms with Crippen molar-refractivity contribution < 1.29 is 18.7 Å². The number of thioether (sulfide) groups is 1. The fourth-order valence-electron chi connectivity index (χ4n) is 3.82. The van der Waals surface area contributed by atoms with Crippen molar-refractivity contribution >= 4 is 17.7 Å². The zero-order chi connectivity index (χ0) is 24.2. The number of halogens is 1. The highest BCUT2D eigenvalue weighted by molar-refractivity contribution is 7.99. The van der Waals surface area contributed by atoms with E-state index in [1.54, 1.807) is 18.2 Å². The number of rotatable bonds is 8. The van der Waals surface area contributed by atoms with Gasteiger partial charge in [-0.25, -0.2) is 4.39 Å². The monoisotopic (exact) mass is 490 g/mol. The summed E-state index contributed by atoms with van der Waals surface area (Å²) in [4.78, 5) is 12.7. The number of nitrogens with zero attached hydrogens (tertiary/aromatic N) is 3. The number of aromatic nitrogens is 3. The Morgan fingerprint density at radius 1 is 1.06 bits per heavy atom. The maximum absolute atomic E-state index is 14.5. The van der Waals surface area contributed by atoms with Crippen molar-refractivity contribution in [1.29, 1.82) is 0 Å². The zero-order valence-corrected chi connectivity index (χ0v) is 19.8. The molecule has 9 heteroatoms. The Kier molecular flexibility index (Phi) is 6.67. The normalized spacial score (nSPS) is 13.0. The molecule has 1 N–H and O–H groups in total. The first-order chi connectivity index (χ1) is 17.1. The van der Waals surface area contributed by atoms with Crippen molar-refractivity contribution in [3.05, 3.63) is 89.7 Å². The van der Waals surface area contributed by atoms with Crippen molar-refractivity contribution in [3.8, 4) is 22.9 Å². The maximum Gasteiger partial charge on any atom is 0.231 e. The molecule has 1 aliphatic heterocycles. The summed E-state index contributed by atoms with van der Waals surface area (Å²) in [7, 11) is 0. The molecule has 0 saturated carbocycles. The standard InChI is InChI=1S/C26H23FN4O3S/c1-17(19-11-12-22-23(13-19)34-16-33-22)28-24(32)15-35-26-30-29-25(20-9-5-6-10-21(20)27)31(26)14-18-7-3-2-4-8-18/h2-13,17H,14-16H2,1H3,(H,28,32)/t17-/m1/s1. The summed E-state index contributed by atoms with van der Waals surface area (Å²) in [6, 6.07) is 21.7. The summed E-state index contributed by atoms with van der Waals surface area (Å²) in [5.74, 6) is 1.41. The molecule has 1 aliphatic rings. The highest BCUT2D eigenvalue weighted by atomic mass is 32.2. The van der Waals surface area contributed by atoms with Crippen LogP contribution in [0.15, 0.2) is 78.0 Å². The van der Waals surface area contributed by atoms with Gasteiger partial charge in [0, 0.05) is 0 Å². The molecule has 0 aliphatic carbocycles. The largest absolute Gasteiger partial charge is 0.454 e. The summed E-state index contributed by atoms with van der Waals surface area (Å²) < 4.78 is 27.1. The van der Waals surface area contributed by atoms with Gasteiger partial charge >= 0.3 is 0 Å². The number of nitrogens with one attached hydrogen (secondary N) is 1. The highest BCUT2D eigenvalue weighted by Crippen LogP contribution is 2.34. The molecule has 1 amide bonds. The topological polar surface area (TPSA) is 78.3 Å². The quantitative estimate of drug-likeness (QED) is 0.357.